The highest BCUT2D eigenvalue weighted by Gasteiger charge is 2.25. The Hall–Kier alpha value is -2.70. The van der Waals surface area contributed by atoms with E-state index in [0.717, 1.165) is 25.7 Å². The summed E-state index contributed by atoms with van der Waals surface area (Å²) in [6.07, 6.45) is 5.59. The number of aryl methyl sites for hydroxylation is 1. The fourth-order valence-corrected chi connectivity index (χ4v) is 3.61. The van der Waals surface area contributed by atoms with Crippen molar-refractivity contribution in [1.82, 2.24) is 15.1 Å². The first-order valence-corrected chi connectivity index (χ1v) is 10.0. The molecule has 1 aliphatic carbocycles. The van der Waals surface area contributed by atoms with Crippen LogP contribution in [-0.2, 0) is 16.1 Å². The molecule has 1 fully saturated rings. The van der Waals surface area contributed by atoms with Crippen molar-refractivity contribution in [1.29, 1.82) is 0 Å². The summed E-state index contributed by atoms with van der Waals surface area (Å²) in [5.74, 6) is -1.00. The summed E-state index contributed by atoms with van der Waals surface area (Å²) < 4.78 is 6.62. The number of amides is 1. The Morgan fingerprint density at radius 1 is 1.18 bits per heavy atom. The smallest absolute Gasteiger partial charge is 0.360 e. The second-order valence-corrected chi connectivity index (χ2v) is 7.26. The second-order valence-electron chi connectivity index (χ2n) is 7.26. The second kappa shape index (κ2) is 8.99. The van der Waals surface area contributed by atoms with Crippen molar-refractivity contribution in [3.05, 3.63) is 40.3 Å². The minimum atomic E-state index is -0.932. The van der Waals surface area contributed by atoms with E-state index in [4.69, 9.17) is 4.74 Å². The standard InChI is InChI=1S/C21H27N3O4/c1-3-24-20(26)17-13-9-8-12-16(17)18(23-24)21(27)28-14(2)19(25)22-15-10-6-4-5-7-11-15/h8-9,12-15H,3-7,10-11H2,1-2H3,(H,22,25). The molecule has 1 unspecified atom stereocenters. The number of esters is 1. The summed E-state index contributed by atoms with van der Waals surface area (Å²) in [7, 11) is 0. The number of hydrogen-bond acceptors (Lipinski definition) is 5. The maximum atomic E-state index is 12.7. The van der Waals surface area contributed by atoms with Gasteiger partial charge in [-0.25, -0.2) is 9.48 Å². The molecule has 150 valence electrons. The molecule has 3 rings (SSSR count). The number of nitrogens with zero attached hydrogens (tertiary/aromatic N) is 2. The van der Waals surface area contributed by atoms with E-state index in [-0.39, 0.29) is 23.2 Å². The molecule has 0 radical (unpaired) electrons. The Morgan fingerprint density at radius 3 is 2.46 bits per heavy atom. The largest absolute Gasteiger partial charge is 0.448 e. The number of nitrogens with one attached hydrogen (secondary N) is 1. The third-order valence-electron chi connectivity index (χ3n) is 5.22. The van der Waals surface area contributed by atoms with Crippen molar-refractivity contribution in [2.45, 2.75) is 71.1 Å². The molecular weight excluding hydrogens is 358 g/mol. The Labute approximate surface area is 164 Å². The van der Waals surface area contributed by atoms with Crippen molar-refractivity contribution >= 4 is 22.6 Å². The lowest BCUT2D eigenvalue weighted by Gasteiger charge is -2.20. The predicted octanol–water partition coefficient (Wildman–Crippen LogP) is 2.80. The highest BCUT2D eigenvalue weighted by Crippen LogP contribution is 2.18. The number of fused-ring (bicyclic) bond motifs is 1. The Kier molecular flexibility index (Phi) is 6.44. The van der Waals surface area contributed by atoms with Gasteiger partial charge in [0.2, 0.25) is 0 Å². The molecule has 0 spiro atoms. The molecule has 2 aromatic rings. The topological polar surface area (TPSA) is 90.3 Å². The molecular formula is C21H27N3O4. The van der Waals surface area contributed by atoms with Crippen LogP contribution in [0.2, 0.25) is 0 Å². The molecule has 1 aromatic carbocycles. The van der Waals surface area contributed by atoms with Crippen LogP contribution in [0.25, 0.3) is 10.8 Å². The maximum Gasteiger partial charge on any atom is 0.360 e. The van der Waals surface area contributed by atoms with Gasteiger partial charge in [-0.1, -0.05) is 43.9 Å². The lowest BCUT2D eigenvalue weighted by atomic mass is 10.1. The van der Waals surface area contributed by atoms with E-state index in [9.17, 15) is 14.4 Å². The highest BCUT2D eigenvalue weighted by molar-refractivity contribution is 6.02. The van der Waals surface area contributed by atoms with Crippen LogP contribution < -0.4 is 10.9 Å². The molecule has 1 aromatic heterocycles. The molecule has 7 nitrogen and oxygen atoms in total. The molecule has 1 saturated carbocycles. The molecule has 7 heteroatoms. The fourth-order valence-electron chi connectivity index (χ4n) is 3.61. The first-order valence-electron chi connectivity index (χ1n) is 10.0. The van der Waals surface area contributed by atoms with E-state index >= 15 is 0 Å². The van der Waals surface area contributed by atoms with Crippen LogP contribution in [0.3, 0.4) is 0 Å². The Morgan fingerprint density at radius 2 is 1.82 bits per heavy atom. The molecule has 0 bridgehead atoms. The fraction of sp³-hybridized carbons (Fsp3) is 0.524. The average molecular weight is 385 g/mol. The van der Waals surface area contributed by atoms with Gasteiger partial charge in [0.15, 0.2) is 11.8 Å². The van der Waals surface area contributed by atoms with Crippen molar-refractivity contribution in [3.63, 3.8) is 0 Å². The van der Waals surface area contributed by atoms with E-state index in [1.165, 1.54) is 17.5 Å². The number of carbonyl (C=O) groups excluding carboxylic acids is 2. The van der Waals surface area contributed by atoms with Crippen LogP contribution >= 0.6 is 0 Å². The molecule has 1 atom stereocenters. The van der Waals surface area contributed by atoms with Gasteiger partial charge in [0.25, 0.3) is 11.5 Å². The summed E-state index contributed by atoms with van der Waals surface area (Å²) in [5.41, 5.74) is -0.208. The highest BCUT2D eigenvalue weighted by atomic mass is 16.5. The summed E-state index contributed by atoms with van der Waals surface area (Å²) in [5, 5.41) is 7.98. The van der Waals surface area contributed by atoms with Crippen LogP contribution in [0, 0.1) is 0 Å². The van der Waals surface area contributed by atoms with Crippen LogP contribution in [0.15, 0.2) is 29.1 Å². The third kappa shape index (κ3) is 4.40. The van der Waals surface area contributed by atoms with Gasteiger partial charge in [0.05, 0.1) is 5.39 Å². The normalized spacial score (nSPS) is 16.4. The predicted molar refractivity (Wildman–Crippen MR) is 106 cm³/mol. The summed E-state index contributed by atoms with van der Waals surface area (Å²) in [6, 6.07) is 6.93. The molecule has 28 heavy (non-hydrogen) atoms. The third-order valence-corrected chi connectivity index (χ3v) is 5.22. The minimum Gasteiger partial charge on any atom is -0.448 e. The van der Waals surface area contributed by atoms with E-state index in [1.807, 2.05) is 0 Å². The van der Waals surface area contributed by atoms with Crippen molar-refractivity contribution in [2.75, 3.05) is 0 Å². The van der Waals surface area contributed by atoms with E-state index < -0.39 is 12.1 Å². The van der Waals surface area contributed by atoms with Gasteiger partial charge in [0.1, 0.15) is 0 Å². The van der Waals surface area contributed by atoms with Gasteiger partial charge in [-0.05, 0) is 32.8 Å². The lowest BCUT2D eigenvalue weighted by molar-refractivity contribution is -0.129. The van der Waals surface area contributed by atoms with Crippen molar-refractivity contribution in [3.8, 4) is 0 Å². The van der Waals surface area contributed by atoms with Crippen LogP contribution in [0.1, 0.15) is 62.9 Å². The zero-order chi connectivity index (χ0) is 20.1. The number of rotatable bonds is 5. The van der Waals surface area contributed by atoms with Gasteiger partial charge in [-0.15, -0.1) is 0 Å². The molecule has 1 N–H and O–H groups in total. The molecule has 1 aliphatic rings. The average Bonchev–Trinajstić information content (AvgIpc) is 2.97. The number of aromatic nitrogens is 2. The Balaban J connectivity index is 1.76. The maximum absolute atomic E-state index is 12.7. The van der Waals surface area contributed by atoms with Gasteiger partial charge in [-0.2, -0.15) is 5.10 Å². The van der Waals surface area contributed by atoms with Crippen LogP contribution in [-0.4, -0.2) is 33.8 Å². The zero-order valence-corrected chi connectivity index (χ0v) is 16.4. The van der Waals surface area contributed by atoms with Crippen LogP contribution in [0.5, 0.6) is 0 Å². The van der Waals surface area contributed by atoms with Crippen molar-refractivity contribution in [2.24, 2.45) is 0 Å². The Bertz CT molecular complexity index is 913. The quantitative estimate of drug-likeness (QED) is 0.631. The minimum absolute atomic E-state index is 0.0474. The van der Waals surface area contributed by atoms with Crippen LogP contribution in [0.4, 0.5) is 0 Å². The van der Waals surface area contributed by atoms with Crippen molar-refractivity contribution < 1.29 is 14.3 Å². The monoisotopic (exact) mass is 385 g/mol. The molecule has 1 heterocycles. The SMILES string of the molecule is CCn1nc(C(=O)OC(C)C(=O)NC2CCCCCC2)c2ccccc2c1=O. The van der Waals surface area contributed by atoms with E-state index in [2.05, 4.69) is 10.4 Å². The van der Waals surface area contributed by atoms with Gasteiger partial charge in [-0.3, -0.25) is 9.59 Å². The van der Waals surface area contributed by atoms with E-state index in [1.54, 1.807) is 38.1 Å². The number of benzene rings is 1. The summed E-state index contributed by atoms with van der Waals surface area (Å²) in [6.45, 7) is 3.67. The van der Waals surface area contributed by atoms with Gasteiger partial charge < -0.3 is 10.1 Å². The summed E-state index contributed by atoms with van der Waals surface area (Å²) >= 11 is 0. The van der Waals surface area contributed by atoms with Gasteiger partial charge >= 0.3 is 5.97 Å². The first kappa shape index (κ1) is 20.0. The number of carbonyl (C=O) groups is 2. The summed E-state index contributed by atoms with van der Waals surface area (Å²) in [4.78, 5) is 37.6. The zero-order valence-electron chi connectivity index (χ0n) is 16.4. The van der Waals surface area contributed by atoms with Gasteiger partial charge in [0, 0.05) is 18.0 Å². The molecule has 0 aliphatic heterocycles. The molecule has 0 saturated heterocycles. The number of ether oxygens (including phenoxy) is 1. The first-order chi connectivity index (χ1) is 13.5. The molecule has 1 amide bonds. The number of hydrogen-bond donors (Lipinski definition) is 1. The van der Waals surface area contributed by atoms with E-state index in [0.29, 0.717) is 17.3 Å². The lowest BCUT2D eigenvalue weighted by Crippen LogP contribution is -2.42.